The highest BCUT2D eigenvalue weighted by Crippen LogP contribution is 2.35. The van der Waals surface area contributed by atoms with Crippen molar-refractivity contribution in [2.24, 2.45) is 0 Å². The van der Waals surface area contributed by atoms with Crippen LogP contribution in [-0.4, -0.2) is 36.4 Å². The molecule has 2 amide bonds. The first-order valence-corrected chi connectivity index (χ1v) is 13.4. The van der Waals surface area contributed by atoms with Gasteiger partial charge in [-0.3, -0.25) is 14.5 Å². The zero-order valence-electron chi connectivity index (χ0n) is 21.8. The number of rotatable bonds is 9. The molecule has 8 heteroatoms. The summed E-state index contributed by atoms with van der Waals surface area (Å²) in [7, 11) is 1.55. The molecule has 38 heavy (non-hydrogen) atoms. The molecule has 0 atom stereocenters. The molecule has 1 aliphatic heterocycles. The summed E-state index contributed by atoms with van der Waals surface area (Å²) in [5.74, 6) is 1.52. The first-order chi connectivity index (χ1) is 18.1. The number of carbonyl (C=O) groups excluding carboxylic acids is 2. The summed E-state index contributed by atoms with van der Waals surface area (Å²) in [6.45, 7) is 7.40. The Balaban J connectivity index is 1.35. The number of nitrogens with zero attached hydrogens (tertiary/aromatic N) is 1. The minimum absolute atomic E-state index is 0.0932. The standard InChI is InChI=1S/C30H30ClNO5S/c1-30(2,3)22-9-11-24(12-10-22)36-14-15-37-25-13-8-20(17-26(25)35-4)18-27-28(33)32(29(34)38-27)19-21-6-5-7-23(31)16-21/h5-13,16-18H,14-15,19H2,1-4H3/b27-18-. The zero-order chi connectivity index (χ0) is 27.3. The SMILES string of the molecule is COc1cc(/C=C2\SC(=O)N(Cc3cccc(Cl)c3)C2=O)ccc1OCCOc1ccc(C(C)(C)C)cc1. The van der Waals surface area contributed by atoms with Crippen molar-refractivity contribution in [2.75, 3.05) is 20.3 Å². The molecule has 3 aromatic rings. The first kappa shape index (κ1) is 27.6. The summed E-state index contributed by atoms with van der Waals surface area (Å²) in [4.78, 5) is 27.0. The summed E-state index contributed by atoms with van der Waals surface area (Å²) >= 11 is 6.94. The summed E-state index contributed by atoms with van der Waals surface area (Å²) < 4.78 is 17.2. The van der Waals surface area contributed by atoms with E-state index in [9.17, 15) is 9.59 Å². The molecule has 0 aromatic heterocycles. The van der Waals surface area contributed by atoms with Crippen molar-refractivity contribution in [1.29, 1.82) is 0 Å². The third-order valence-electron chi connectivity index (χ3n) is 5.92. The summed E-state index contributed by atoms with van der Waals surface area (Å²) in [5.41, 5.74) is 2.85. The summed E-state index contributed by atoms with van der Waals surface area (Å²) in [6.07, 6.45) is 1.68. The van der Waals surface area contributed by atoms with Crippen molar-refractivity contribution >= 4 is 40.6 Å². The fourth-order valence-electron chi connectivity index (χ4n) is 3.86. The van der Waals surface area contributed by atoms with Gasteiger partial charge in [0, 0.05) is 5.02 Å². The Kier molecular flexibility index (Phi) is 8.69. The summed E-state index contributed by atoms with van der Waals surface area (Å²) in [6, 6.07) is 20.5. The van der Waals surface area contributed by atoms with Crippen LogP contribution >= 0.6 is 23.4 Å². The Bertz CT molecular complexity index is 1350. The fourth-order valence-corrected chi connectivity index (χ4v) is 4.91. The van der Waals surface area contributed by atoms with Crippen LogP contribution in [0, 0.1) is 0 Å². The summed E-state index contributed by atoms with van der Waals surface area (Å²) in [5, 5.41) is 0.238. The third kappa shape index (κ3) is 6.91. The maximum Gasteiger partial charge on any atom is 0.293 e. The number of carbonyl (C=O) groups is 2. The van der Waals surface area contributed by atoms with Gasteiger partial charge in [-0.25, -0.2) is 0 Å². The second-order valence-corrected chi connectivity index (χ2v) is 11.2. The van der Waals surface area contributed by atoms with Crippen molar-refractivity contribution in [2.45, 2.75) is 32.7 Å². The number of hydrogen-bond donors (Lipinski definition) is 0. The molecule has 198 valence electrons. The van der Waals surface area contributed by atoms with Gasteiger partial charge in [-0.05, 0) is 76.3 Å². The number of methoxy groups -OCH3 is 1. The highest BCUT2D eigenvalue weighted by Gasteiger charge is 2.35. The van der Waals surface area contributed by atoms with Crippen LogP contribution in [0.25, 0.3) is 6.08 Å². The maximum atomic E-state index is 12.9. The predicted octanol–water partition coefficient (Wildman–Crippen LogP) is 7.34. The van der Waals surface area contributed by atoms with Crippen LogP contribution in [0.5, 0.6) is 17.2 Å². The molecule has 1 saturated heterocycles. The van der Waals surface area contributed by atoms with Crippen LogP contribution in [0.2, 0.25) is 5.02 Å². The van der Waals surface area contributed by atoms with E-state index in [1.807, 2.05) is 24.3 Å². The average Bonchev–Trinajstić information content (AvgIpc) is 3.14. The molecular formula is C30H30ClNO5S. The van der Waals surface area contributed by atoms with E-state index in [1.54, 1.807) is 43.5 Å². The second kappa shape index (κ2) is 12.0. The van der Waals surface area contributed by atoms with E-state index >= 15 is 0 Å². The molecule has 0 unspecified atom stereocenters. The molecule has 0 bridgehead atoms. The van der Waals surface area contributed by atoms with Crippen LogP contribution in [0.3, 0.4) is 0 Å². The monoisotopic (exact) mass is 551 g/mol. The molecular weight excluding hydrogens is 522 g/mol. The second-order valence-electron chi connectivity index (χ2n) is 9.78. The van der Waals surface area contributed by atoms with E-state index in [1.165, 1.54) is 10.5 Å². The molecule has 1 heterocycles. The van der Waals surface area contributed by atoms with Crippen LogP contribution in [-0.2, 0) is 16.8 Å². The lowest BCUT2D eigenvalue weighted by Gasteiger charge is -2.19. The van der Waals surface area contributed by atoms with Crippen molar-refractivity contribution in [3.05, 3.63) is 93.3 Å². The Morgan fingerprint density at radius 1 is 0.921 bits per heavy atom. The lowest BCUT2D eigenvalue weighted by atomic mass is 9.87. The van der Waals surface area contributed by atoms with E-state index < -0.39 is 0 Å². The van der Waals surface area contributed by atoms with E-state index in [2.05, 4.69) is 32.9 Å². The number of amides is 2. The first-order valence-electron chi connectivity index (χ1n) is 12.2. The maximum absolute atomic E-state index is 12.9. The number of ether oxygens (including phenoxy) is 3. The van der Waals surface area contributed by atoms with E-state index in [-0.39, 0.29) is 23.1 Å². The average molecular weight is 552 g/mol. The van der Waals surface area contributed by atoms with Gasteiger partial charge in [-0.15, -0.1) is 0 Å². The van der Waals surface area contributed by atoms with E-state index in [4.69, 9.17) is 25.8 Å². The molecule has 6 nitrogen and oxygen atoms in total. The number of thioether (sulfide) groups is 1. The van der Waals surface area contributed by atoms with Crippen molar-refractivity contribution in [3.63, 3.8) is 0 Å². The molecule has 0 spiro atoms. The topological polar surface area (TPSA) is 65.1 Å². The normalized spacial score (nSPS) is 14.8. The molecule has 3 aromatic carbocycles. The highest BCUT2D eigenvalue weighted by atomic mass is 35.5. The Labute approximate surface area is 232 Å². The van der Waals surface area contributed by atoms with Crippen LogP contribution < -0.4 is 14.2 Å². The predicted molar refractivity (Wildman–Crippen MR) is 152 cm³/mol. The fraction of sp³-hybridized carbons (Fsp3) is 0.267. The number of hydrogen-bond acceptors (Lipinski definition) is 6. The van der Waals surface area contributed by atoms with Gasteiger partial charge < -0.3 is 14.2 Å². The van der Waals surface area contributed by atoms with Gasteiger partial charge in [-0.1, -0.05) is 62.7 Å². The lowest BCUT2D eigenvalue weighted by Crippen LogP contribution is -2.27. The number of benzene rings is 3. The Morgan fingerprint density at radius 2 is 1.66 bits per heavy atom. The Hall–Kier alpha value is -3.42. The van der Waals surface area contributed by atoms with Crippen LogP contribution in [0.15, 0.2) is 71.6 Å². The van der Waals surface area contributed by atoms with Crippen molar-refractivity contribution in [3.8, 4) is 17.2 Å². The van der Waals surface area contributed by atoms with E-state index in [0.717, 1.165) is 28.6 Å². The van der Waals surface area contributed by atoms with Crippen LogP contribution in [0.4, 0.5) is 4.79 Å². The molecule has 0 radical (unpaired) electrons. The van der Waals surface area contributed by atoms with Gasteiger partial charge in [0.15, 0.2) is 11.5 Å². The zero-order valence-corrected chi connectivity index (χ0v) is 23.4. The number of imide groups is 1. The smallest absolute Gasteiger partial charge is 0.293 e. The quantitative estimate of drug-likeness (QED) is 0.205. The molecule has 1 fully saturated rings. The van der Waals surface area contributed by atoms with Gasteiger partial charge in [0.05, 0.1) is 18.6 Å². The minimum atomic E-state index is -0.341. The molecule has 4 rings (SSSR count). The van der Waals surface area contributed by atoms with E-state index in [0.29, 0.717) is 34.6 Å². The molecule has 0 saturated carbocycles. The Morgan fingerprint density at radius 3 is 2.34 bits per heavy atom. The lowest BCUT2D eigenvalue weighted by molar-refractivity contribution is -0.123. The highest BCUT2D eigenvalue weighted by molar-refractivity contribution is 8.18. The molecule has 0 N–H and O–H groups in total. The van der Waals surface area contributed by atoms with Gasteiger partial charge in [0.2, 0.25) is 0 Å². The largest absolute Gasteiger partial charge is 0.493 e. The van der Waals surface area contributed by atoms with Crippen LogP contribution in [0.1, 0.15) is 37.5 Å². The van der Waals surface area contributed by atoms with Gasteiger partial charge >= 0.3 is 0 Å². The number of halogens is 1. The van der Waals surface area contributed by atoms with Gasteiger partial charge in [0.25, 0.3) is 11.1 Å². The molecule has 0 aliphatic carbocycles. The molecule has 1 aliphatic rings. The van der Waals surface area contributed by atoms with Gasteiger partial charge in [-0.2, -0.15) is 0 Å². The van der Waals surface area contributed by atoms with Gasteiger partial charge in [0.1, 0.15) is 19.0 Å². The van der Waals surface area contributed by atoms with Crippen molar-refractivity contribution < 1.29 is 23.8 Å². The third-order valence-corrected chi connectivity index (χ3v) is 7.06. The van der Waals surface area contributed by atoms with Crippen molar-refractivity contribution in [1.82, 2.24) is 4.90 Å². The minimum Gasteiger partial charge on any atom is -0.493 e.